The first kappa shape index (κ1) is 10.7. The normalized spacial score (nSPS) is 10.5. The van der Waals surface area contributed by atoms with Crippen molar-refractivity contribution in [2.75, 3.05) is 0 Å². The summed E-state index contributed by atoms with van der Waals surface area (Å²) in [4.78, 5) is 5.19. The van der Waals surface area contributed by atoms with E-state index in [0.29, 0.717) is 5.02 Å². The zero-order valence-electron chi connectivity index (χ0n) is 6.80. The van der Waals surface area contributed by atoms with Gasteiger partial charge in [-0.05, 0) is 40.1 Å². The van der Waals surface area contributed by atoms with Crippen LogP contribution < -0.4 is 0 Å². The van der Waals surface area contributed by atoms with Gasteiger partial charge >= 0.3 is 0 Å². The van der Waals surface area contributed by atoms with Gasteiger partial charge in [0.25, 0.3) is 0 Å². The number of hydrogen-bond donors (Lipinski definition) is 0. The van der Waals surface area contributed by atoms with Gasteiger partial charge < -0.3 is 0 Å². The van der Waals surface area contributed by atoms with Crippen LogP contribution in [0.1, 0.15) is 0 Å². The molecule has 2 heterocycles. The molecule has 0 atom stereocenters. The Hall–Kier alpha value is 0.160. The number of thiophene rings is 1. The van der Waals surface area contributed by atoms with Crippen LogP contribution in [0.15, 0.2) is 23.7 Å². The summed E-state index contributed by atoms with van der Waals surface area (Å²) in [5, 5.41) is 3.35. The van der Waals surface area contributed by atoms with Crippen molar-refractivity contribution < 1.29 is 0 Å². The summed E-state index contributed by atoms with van der Waals surface area (Å²) in [7, 11) is 0. The molecular weight excluding hydrogens is 352 g/mol. The van der Waals surface area contributed by atoms with Gasteiger partial charge in [-0.2, -0.15) is 0 Å². The minimum Gasteiger partial charge on any atom is -0.248 e. The standard InChI is InChI=1S/C9H4Cl2INS/c10-6-1-2-14-8(6)5-3-7(11)9(12)13-4-5/h1-4H. The average Bonchev–Trinajstić information content (AvgIpc) is 2.57. The molecule has 2 rings (SSSR count). The number of hydrogen-bond acceptors (Lipinski definition) is 2. The maximum atomic E-state index is 6.00. The van der Waals surface area contributed by atoms with Gasteiger partial charge in [-0.25, -0.2) is 4.98 Å². The molecule has 0 aliphatic carbocycles. The Morgan fingerprint density at radius 1 is 1.29 bits per heavy atom. The van der Waals surface area contributed by atoms with Crippen LogP contribution in [0.25, 0.3) is 10.4 Å². The van der Waals surface area contributed by atoms with E-state index in [1.165, 1.54) is 0 Å². The van der Waals surface area contributed by atoms with E-state index in [4.69, 9.17) is 23.2 Å². The number of rotatable bonds is 1. The lowest BCUT2D eigenvalue weighted by atomic mass is 10.2. The fourth-order valence-electron chi connectivity index (χ4n) is 1.05. The molecule has 0 saturated heterocycles. The van der Waals surface area contributed by atoms with Gasteiger partial charge in [0.1, 0.15) is 3.70 Å². The van der Waals surface area contributed by atoms with E-state index >= 15 is 0 Å². The quantitative estimate of drug-likeness (QED) is 0.532. The molecule has 0 fully saturated rings. The highest BCUT2D eigenvalue weighted by Crippen LogP contribution is 2.34. The molecule has 0 radical (unpaired) electrons. The molecule has 2 aromatic rings. The predicted molar refractivity (Wildman–Crippen MR) is 70.3 cm³/mol. The van der Waals surface area contributed by atoms with Crippen LogP contribution in [0.4, 0.5) is 0 Å². The molecule has 0 amide bonds. The van der Waals surface area contributed by atoms with Crippen molar-refractivity contribution in [3.63, 3.8) is 0 Å². The van der Waals surface area contributed by atoms with Gasteiger partial charge in [0, 0.05) is 11.8 Å². The molecule has 0 aromatic carbocycles. The van der Waals surface area contributed by atoms with E-state index in [-0.39, 0.29) is 0 Å². The van der Waals surface area contributed by atoms with Crippen molar-refractivity contribution in [1.82, 2.24) is 4.98 Å². The Morgan fingerprint density at radius 2 is 2.07 bits per heavy atom. The van der Waals surface area contributed by atoms with E-state index in [9.17, 15) is 0 Å². The van der Waals surface area contributed by atoms with Crippen molar-refractivity contribution in [2.24, 2.45) is 0 Å². The molecule has 5 heteroatoms. The Kier molecular flexibility index (Phi) is 3.31. The van der Waals surface area contributed by atoms with E-state index in [0.717, 1.165) is 19.2 Å². The van der Waals surface area contributed by atoms with Crippen LogP contribution >= 0.6 is 57.1 Å². The zero-order chi connectivity index (χ0) is 10.1. The van der Waals surface area contributed by atoms with Crippen molar-refractivity contribution in [3.8, 4) is 10.4 Å². The molecule has 0 saturated carbocycles. The van der Waals surface area contributed by atoms with Crippen LogP contribution in [0.3, 0.4) is 0 Å². The Bertz CT molecular complexity index is 470. The van der Waals surface area contributed by atoms with Crippen LogP contribution in [-0.4, -0.2) is 4.98 Å². The number of nitrogens with zero attached hydrogens (tertiary/aromatic N) is 1. The third-order valence-corrected chi connectivity index (χ3v) is 4.53. The fraction of sp³-hybridized carbons (Fsp3) is 0. The maximum Gasteiger partial charge on any atom is 0.119 e. The molecular formula is C9H4Cl2INS. The second-order valence-corrected chi connectivity index (χ2v) is 5.35. The Labute approximate surface area is 109 Å². The second-order valence-electron chi connectivity index (χ2n) is 2.59. The van der Waals surface area contributed by atoms with Crippen molar-refractivity contribution in [3.05, 3.63) is 37.5 Å². The van der Waals surface area contributed by atoms with Crippen molar-refractivity contribution in [2.45, 2.75) is 0 Å². The van der Waals surface area contributed by atoms with Crippen LogP contribution in [0.5, 0.6) is 0 Å². The summed E-state index contributed by atoms with van der Waals surface area (Å²) < 4.78 is 0.806. The Morgan fingerprint density at radius 3 is 2.64 bits per heavy atom. The highest BCUT2D eigenvalue weighted by Gasteiger charge is 2.07. The van der Waals surface area contributed by atoms with E-state index in [1.54, 1.807) is 17.5 Å². The monoisotopic (exact) mass is 355 g/mol. The summed E-state index contributed by atoms with van der Waals surface area (Å²) in [6.45, 7) is 0. The lowest BCUT2D eigenvalue weighted by Crippen LogP contribution is -1.83. The van der Waals surface area contributed by atoms with Crippen molar-refractivity contribution >= 4 is 57.1 Å². The highest BCUT2D eigenvalue weighted by atomic mass is 127. The lowest BCUT2D eigenvalue weighted by Gasteiger charge is -2.00. The molecule has 0 bridgehead atoms. The third-order valence-electron chi connectivity index (χ3n) is 1.68. The van der Waals surface area contributed by atoms with Gasteiger partial charge in [-0.15, -0.1) is 11.3 Å². The molecule has 14 heavy (non-hydrogen) atoms. The Balaban J connectivity index is 2.53. The van der Waals surface area contributed by atoms with Gasteiger partial charge in [-0.1, -0.05) is 23.2 Å². The fourth-order valence-corrected chi connectivity index (χ4v) is 2.66. The van der Waals surface area contributed by atoms with Gasteiger partial charge in [0.15, 0.2) is 0 Å². The summed E-state index contributed by atoms with van der Waals surface area (Å²) in [6.07, 6.45) is 1.78. The second kappa shape index (κ2) is 4.35. The summed E-state index contributed by atoms with van der Waals surface area (Å²) in [5.74, 6) is 0. The van der Waals surface area contributed by atoms with Crippen LogP contribution in [0.2, 0.25) is 10.0 Å². The lowest BCUT2D eigenvalue weighted by molar-refractivity contribution is 1.28. The first-order valence-electron chi connectivity index (χ1n) is 3.73. The van der Waals surface area contributed by atoms with Gasteiger partial charge in [0.05, 0.1) is 14.9 Å². The smallest absolute Gasteiger partial charge is 0.119 e. The number of halogens is 3. The highest BCUT2D eigenvalue weighted by molar-refractivity contribution is 14.1. The van der Waals surface area contributed by atoms with E-state index in [2.05, 4.69) is 27.6 Å². The minimum atomic E-state index is 0.660. The summed E-state index contributed by atoms with van der Waals surface area (Å²) in [6, 6.07) is 3.75. The predicted octanol–water partition coefficient (Wildman–Crippen LogP) is 4.72. The SMILES string of the molecule is Clc1cc(-c2sccc2Cl)cnc1I. The molecule has 0 aliphatic heterocycles. The molecule has 0 unspecified atom stereocenters. The number of aromatic nitrogens is 1. The van der Waals surface area contributed by atoms with E-state index < -0.39 is 0 Å². The van der Waals surface area contributed by atoms with Crippen LogP contribution in [-0.2, 0) is 0 Å². The van der Waals surface area contributed by atoms with Crippen LogP contribution in [0, 0.1) is 3.70 Å². The third kappa shape index (κ3) is 2.05. The number of pyridine rings is 1. The van der Waals surface area contributed by atoms with Gasteiger partial charge in [-0.3, -0.25) is 0 Å². The average molecular weight is 356 g/mol. The molecule has 1 nitrogen and oxygen atoms in total. The molecule has 0 aliphatic rings. The summed E-state index contributed by atoms with van der Waals surface area (Å²) in [5.41, 5.74) is 0.968. The molecule has 72 valence electrons. The topological polar surface area (TPSA) is 12.9 Å². The van der Waals surface area contributed by atoms with Gasteiger partial charge in [0.2, 0.25) is 0 Å². The minimum absolute atomic E-state index is 0.660. The first-order chi connectivity index (χ1) is 6.68. The molecule has 2 aromatic heterocycles. The molecule has 0 spiro atoms. The van der Waals surface area contributed by atoms with Crippen molar-refractivity contribution in [1.29, 1.82) is 0 Å². The van der Waals surface area contributed by atoms with E-state index in [1.807, 2.05) is 17.5 Å². The largest absolute Gasteiger partial charge is 0.248 e. The molecule has 0 N–H and O–H groups in total. The maximum absolute atomic E-state index is 6.00. The zero-order valence-corrected chi connectivity index (χ0v) is 11.3. The first-order valence-corrected chi connectivity index (χ1v) is 6.44. The summed E-state index contributed by atoms with van der Waals surface area (Å²) >= 11 is 15.7.